The van der Waals surface area contributed by atoms with Crippen LogP contribution in [0.5, 0.6) is 5.75 Å². The van der Waals surface area contributed by atoms with Gasteiger partial charge in [-0.1, -0.05) is 18.5 Å². The molecule has 0 atom stereocenters. The number of aromatic nitrogens is 4. The van der Waals surface area contributed by atoms with Crippen LogP contribution in [0.2, 0.25) is 5.02 Å². The third-order valence-electron chi connectivity index (χ3n) is 3.90. The van der Waals surface area contributed by atoms with E-state index in [9.17, 15) is 9.59 Å². The lowest BCUT2D eigenvalue weighted by atomic mass is 10.2. The fourth-order valence-electron chi connectivity index (χ4n) is 2.53. The Morgan fingerprint density at radius 3 is 2.81 bits per heavy atom. The predicted octanol–water partition coefficient (Wildman–Crippen LogP) is 3.05. The number of carbonyl (C=O) groups excluding carboxylic acids is 1. The van der Waals surface area contributed by atoms with Crippen LogP contribution in [0, 0.1) is 0 Å². The highest BCUT2D eigenvalue weighted by Gasteiger charge is 2.12. The average Bonchev–Trinajstić information content (AvgIpc) is 3.06. The van der Waals surface area contributed by atoms with Crippen molar-refractivity contribution in [2.75, 3.05) is 5.32 Å². The first-order chi connectivity index (χ1) is 12.9. The Kier molecular flexibility index (Phi) is 5.46. The fraction of sp³-hybridized carbons (Fsp3) is 0.333. The summed E-state index contributed by atoms with van der Waals surface area (Å²) in [7, 11) is 0. The van der Waals surface area contributed by atoms with E-state index in [4.69, 9.17) is 16.3 Å². The Balaban J connectivity index is 1.85. The first-order valence-electron chi connectivity index (χ1n) is 8.57. The summed E-state index contributed by atoms with van der Waals surface area (Å²) in [6, 6.07) is 6.42. The molecular formula is C18H20ClN5O3. The van der Waals surface area contributed by atoms with E-state index in [0.717, 1.165) is 0 Å². The van der Waals surface area contributed by atoms with Crippen molar-refractivity contribution in [2.45, 2.75) is 39.8 Å². The smallest absolute Gasteiger partial charge is 0.274 e. The molecule has 1 amide bonds. The van der Waals surface area contributed by atoms with Gasteiger partial charge in [-0.15, -0.1) is 0 Å². The summed E-state index contributed by atoms with van der Waals surface area (Å²) < 4.78 is 8.90. The number of amides is 1. The van der Waals surface area contributed by atoms with Crippen LogP contribution in [-0.4, -0.2) is 25.1 Å². The Hall–Kier alpha value is -2.87. The third-order valence-corrected chi connectivity index (χ3v) is 4.13. The largest absolute Gasteiger partial charge is 0.485 e. The second-order valence-electron chi connectivity index (χ2n) is 6.25. The molecule has 0 aliphatic carbocycles. The van der Waals surface area contributed by atoms with Crippen molar-refractivity contribution in [1.82, 2.24) is 19.2 Å². The van der Waals surface area contributed by atoms with Crippen molar-refractivity contribution < 1.29 is 9.53 Å². The number of halogens is 1. The molecule has 0 fully saturated rings. The number of hydrogen-bond acceptors (Lipinski definition) is 5. The quantitative estimate of drug-likeness (QED) is 0.699. The molecule has 0 saturated carbocycles. The first kappa shape index (κ1) is 18.9. The molecule has 0 aliphatic heterocycles. The van der Waals surface area contributed by atoms with E-state index in [1.165, 1.54) is 10.6 Å². The van der Waals surface area contributed by atoms with Gasteiger partial charge >= 0.3 is 0 Å². The van der Waals surface area contributed by atoms with Crippen LogP contribution in [0.15, 0.2) is 35.4 Å². The average molecular weight is 390 g/mol. The van der Waals surface area contributed by atoms with Crippen molar-refractivity contribution in [3.8, 4) is 5.75 Å². The van der Waals surface area contributed by atoms with Gasteiger partial charge in [0.05, 0.1) is 11.4 Å². The highest BCUT2D eigenvalue weighted by atomic mass is 35.5. The van der Waals surface area contributed by atoms with Gasteiger partial charge in [-0.05, 0) is 32.0 Å². The second-order valence-corrected chi connectivity index (χ2v) is 6.68. The molecule has 0 aliphatic rings. The molecule has 2 aromatic heterocycles. The molecule has 0 spiro atoms. The Morgan fingerprint density at radius 1 is 1.33 bits per heavy atom. The summed E-state index contributed by atoms with van der Waals surface area (Å²) in [5.74, 6) is 0.598. The van der Waals surface area contributed by atoms with Crippen LogP contribution >= 0.6 is 11.6 Å². The molecular weight excluding hydrogens is 370 g/mol. The lowest BCUT2D eigenvalue weighted by Gasteiger charge is -2.13. The summed E-state index contributed by atoms with van der Waals surface area (Å²) in [5, 5.41) is 3.22. The zero-order valence-electron chi connectivity index (χ0n) is 15.3. The van der Waals surface area contributed by atoms with Crippen LogP contribution in [0.1, 0.15) is 38.9 Å². The minimum absolute atomic E-state index is 0.0525. The van der Waals surface area contributed by atoms with Crippen molar-refractivity contribution in [1.29, 1.82) is 0 Å². The number of carbonyl (C=O) groups is 1. The van der Waals surface area contributed by atoms with Gasteiger partial charge in [-0.25, -0.2) is 4.98 Å². The third kappa shape index (κ3) is 4.11. The molecule has 0 radical (unpaired) electrons. The zero-order chi connectivity index (χ0) is 19.6. The number of ether oxygens (including phenoxy) is 1. The van der Waals surface area contributed by atoms with Gasteiger partial charge in [0.1, 0.15) is 18.7 Å². The molecule has 1 N–H and O–H groups in total. The SMILES string of the molecule is CCC(=O)Nc1cc(Cl)ccc1OCc1cc(=O)n2c(ncn2C(C)C)n1. The van der Waals surface area contributed by atoms with Gasteiger partial charge in [-0.2, -0.15) is 9.50 Å². The number of rotatable bonds is 6. The van der Waals surface area contributed by atoms with Crippen LogP contribution in [0.4, 0.5) is 5.69 Å². The van der Waals surface area contributed by atoms with Crippen LogP contribution in [0.25, 0.3) is 5.78 Å². The number of nitrogens with zero attached hydrogens (tertiary/aromatic N) is 4. The maximum atomic E-state index is 12.4. The first-order valence-corrected chi connectivity index (χ1v) is 8.94. The minimum Gasteiger partial charge on any atom is -0.485 e. The topological polar surface area (TPSA) is 90.5 Å². The van der Waals surface area contributed by atoms with Gasteiger partial charge in [0.25, 0.3) is 11.3 Å². The van der Waals surface area contributed by atoms with Gasteiger partial charge in [0.15, 0.2) is 0 Å². The van der Waals surface area contributed by atoms with Crippen LogP contribution in [0.3, 0.4) is 0 Å². The standard InChI is InChI=1S/C18H20ClN5O3/c1-4-16(25)22-14-7-12(19)5-6-15(14)27-9-13-8-17(26)24-18(21-13)20-10-23(24)11(2)3/h5-8,10-11H,4,9H2,1-3H3,(H,22,25). The van der Waals surface area contributed by atoms with Crippen molar-refractivity contribution >= 4 is 29.0 Å². The number of anilines is 1. The van der Waals surface area contributed by atoms with Crippen molar-refractivity contribution in [3.05, 3.63) is 51.7 Å². The molecule has 1 aromatic carbocycles. The highest BCUT2D eigenvalue weighted by Crippen LogP contribution is 2.28. The Morgan fingerprint density at radius 2 is 2.11 bits per heavy atom. The van der Waals surface area contributed by atoms with E-state index >= 15 is 0 Å². The molecule has 0 unspecified atom stereocenters. The summed E-state index contributed by atoms with van der Waals surface area (Å²) in [6.07, 6.45) is 1.91. The number of hydrogen-bond donors (Lipinski definition) is 1. The molecule has 0 bridgehead atoms. The Labute approximate surface area is 160 Å². The molecule has 8 nitrogen and oxygen atoms in total. The Bertz CT molecular complexity index is 1040. The molecule has 9 heteroatoms. The number of benzene rings is 1. The summed E-state index contributed by atoms with van der Waals surface area (Å²) >= 11 is 6.00. The van der Waals surface area contributed by atoms with E-state index in [1.54, 1.807) is 36.1 Å². The van der Waals surface area contributed by atoms with E-state index in [2.05, 4.69) is 15.3 Å². The molecule has 0 saturated heterocycles. The van der Waals surface area contributed by atoms with Crippen molar-refractivity contribution in [3.63, 3.8) is 0 Å². The van der Waals surface area contributed by atoms with E-state index in [0.29, 0.717) is 34.4 Å². The molecule has 3 aromatic rings. The monoisotopic (exact) mass is 389 g/mol. The molecule has 27 heavy (non-hydrogen) atoms. The van der Waals surface area contributed by atoms with Gasteiger partial charge < -0.3 is 10.1 Å². The fourth-order valence-corrected chi connectivity index (χ4v) is 2.70. The van der Waals surface area contributed by atoms with Crippen LogP contribution in [-0.2, 0) is 11.4 Å². The van der Waals surface area contributed by atoms with Gasteiger partial charge in [-0.3, -0.25) is 14.3 Å². The maximum absolute atomic E-state index is 12.4. The van der Waals surface area contributed by atoms with Crippen molar-refractivity contribution in [2.24, 2.45) is 0 Å². The lowest BCUT2D eigenvalue weighted by molar-refractivity contribution is -0.115. The van der Waals surface area contributed by atoms with Crippen LogP contribution < -0.4 is 15.6 Å². The summed E-state index contributed by atoms with van der Waals surface area (Å²) in [6.45, 7) is 5.72. The highest BCUT2D eigenvalue weighted by molar-refractivity contribution is 6.31. The predicted molar refractivity (Wildman–Crippen MR) is 102 cm³/mol. The lowest BCUT2D eigenvalue weighted by Crippen LogP contribution is -2.23. The van der Waals surface area contributed by atoms with E-state index in [-0.39, 0.29) is 24.1 Å². The molecule has 142 valence electrons. The molecule has 3 rings (SSSR count). The summed E-state index contributed by atoms with van der Waals surface area (Å²) in [4.78, 5) is 32.7. The molecule has 2 heterocycles. The number of fused-ring (bicyclic) bond motifs is 1. The normalized spacial score (nSPS) is 11.1. The van der Waals surface area contributed by atoms with E-state index < -0.39 is 0 Å². The van der Waals surface area contributed by atoms with Gasteiger partial charge in [0, 0.05) is 23.6 Å². The zero-order valence-corrected chi connectivity index (χ0v) is 16.0. The maximum Gasteiger partial charge on any atom is 0.274 e. The number of nitrogens with one attached hydrogen (secondary N) is 1. The van der Waals surface area contributed by atoms with Gasteiger partial charge in [0.2, 0.25) is 5.91 Å². The summed E-state index contributed by atoms with van der Waals surface area (Å²) in [5.41, 5.74) is 0.674. The minimum atomic E-state index is -0.236. The van der Waals surface area contributed by atoms with E-state index in [1.807, 2.05) is 13.8 Å². The second kappa shape index (κ2) is 7.79.